The third-order valence-electron chi connectivity index (χ3n) is 1.55. The summed E-state index contributed by atoms with van der Waals surface area (Å²) in [6.45, 7) is 1.91. The normalized spacial score (nSPS) is 9.36. The van der Waals surface area contributed by atoms with Crippen molar-refractivity contribution < 1.29 is 34.0 Å². The Morgan fingerprint density at radius 3 is 2.64 bits per heavy atom. The van der Waals surface area contributed by atoms with Crippen molar-refractivity contribution >= 4 is 33.2 Å². The summed E-state index contributed by atoms with van der Waals surface area (Å²) in [5, 5.41) is 4.53. The SMILES string of the molecule is Cc1nc2ccc(Cl)nn2c1Br.[Br-].[Br-]. The van der Waals surface area contributed by atoms with Crippen LogP contribution in [0.3, 0.4) is 0 Å². The van der Waals surface area contributed by atoms with E-state index < -0.39 is 0 Å². The van der Waals surface area contributed by atoms with E-state index in [1.54, 1.807) is 10.6 Å². The molecule has 0 aromatic carbocycles. The van der Waals surface area contributed by atoms with Gasteiger partial charge in [0.15, 0.2) is 5.65 Å². The molecule has 2 aromatic rings. The average molecular weight is 406 g/mol. The maximum Gasteiger partial charge on any atom is 0.155 e. The number of aromatic nitrogens is 3. The van der Waals surface area contributed by atoms with Crippen molar-refractivity contribution in [1.82, 2.24) is 14.6 Å². The van der Waals surface area contributed by atoms with Crippen molar-refractivity contribution in [3.8, 4) is 0 Å². The van der Waals surface area contributed by atoms with Gasteiger partial charge in [0.05, 0.1) is 5.69 Å². The fraction of sp³-hybridized carbons (Fsp3) is 0.143. The van der Waals surface area contributed by atoms with Crippen LogP contribution < -0.4 is 34.0 Å². The number of imidazole rings is 1. The van der Waals surface area contributed by atoms with E-state index in [9.17, 15) is 0 Å². The summed E-state index contributed by atoms with van der Waals surface area (Å²) in [6.07, 6.45) is 0. The fourth-order valence-electron chi connectivity index (χ4n) is 0.994. The fourth-order valence-corrected chi connectivity index (χ4v) is 1.48. The van der Waals surface area contributed by atoms with Crippen molar-refractivity contribution in [3.05, 3.63) is 27.6 Å². The number of fused-ring (bicyclic) bond motifs is 1. The highest BCUT2D eigenvalue weighted by Crippen LogP contribution is 2.17. The van der Waals surface area contributed by atoms with Gasteiger partial charge in [0.2, 0.25) is 0 Å². The van der Waals surface area contributed by atoms with E-state index in [2.05, 4.69) is 26.0 Å². The van der Waals surface area contributed by atoms with Gasteiger partial charge in [-0.05, 0) is 35.0 Å². The zero-order valence-electron chi connectivity index (χ0n) is 7.01. The van der Waals surface area contributed by atoms with Crippen LogP contribution in [-0.2, 0) is 0 Å². The number of hydrogen-bond acceptors (Lipinski definition) is 2. The minimum Gasteiger partial charge on any atom is -1.00 e. The van der Waals surface area contributed by atoms with E-state index in [0.717, 1.165) is 15.9 Å². The van der Waals surface area contributed by atoms with Crippen molar-refractivity contribution in [2.45, 2.75) is 6.92 Å². The lowest BCUT2D eigenvalue weighted by molar-refractivity contribution is -0.00100. The lowest BCUT2D eigenvalue weighted by Crippen LogP contribution is -3.00. The summed E-state index contributed by atoms with van der Waals surface area (Å²) in [5.74, 6) is 0. The molecule has 2 heterocycles. The molecule has 0 radical (unpaired) electrons. The van der Waals surface area contributed by atoms with Crippen LogP contribution in [0.25, 0.3) is 5.65 Å². The first-order valence-corrected chi connectivity index (χ1v) is 4.53. The zero-order chi connectivity index (χ0) is 8.72. The first kappa shape index (κ1) is 14.3. The van der Waals surface area contributed by atoms with E-state index >= 15 is 0 Å². The van der Waals surface area contributed by atoms with E-state index in [-0.39, 0.29) is 34.0 Å². The molecule has 0 saturated heterocycles. The van der Waals surface area contributed by atoms with Gasteiger partial charge in [-0.15, -0.1) is 0 Å². The molecule has 0 atom stereocenters. The first-order valence-electron chi connectivity index (χ1n) is 3.36. The Bertz CT molecular complexity index is 443. The number of halogens is 4. The first-order chi connectivity index (χ1) is 5.68. The standard InChI is InChI=1S/C7H5BrClN3.2BrH/c1-4-7(8)12-6(10-4)3-2-5(9)11-12;;/h2-3H,1H3;2*1H/p-2. The molecule has 3 nitrogen and oxygen atoms in total. The van der Waals surface area contributed by atoms with Crippen LogP contribution in [0.1, 0.15) is 5.69 Å². The largest absolute Gasteiger partial charge is 1.00 e. The minimum absolute atomic E-state index is 0. The summed E-state index contributed by atoms with van der Waals surface area (Å²) in [5.41, 5.74) is 1.70. The second-order valence-electron chi connectivity index (χ2n) is 2.41. The predicted molar refractivity (Wildman–Crippen MR) is 50.4 cm³/mol. The van der Waals surface area contributed by atoms with Crippen molar-refractivity contribution in [3.63, 3.8) is 0 Å². The molecule has 0 amide bonds. The highest BCUT2D eigenvalue weighted by Gasteiger charge is 2.05. The lowest BCUT2D eigenvalue weighted by atomic mass is 10.6. The summed E-state index contributed by atoms with van der Waals surface area (Å²) >= 11 is 9.08. The van der Waals surface area contributed by atoms with Gasteiger partial charge >= 0.3 is 0 Å². The molecule has 0 aliphatic carbocycles. The molecular weight excluding hydrogens is 401 g/mol. The van der Waals surface area contributed by atoms with Crippen LogP contribution in [-0.4, -0.2) is 14.6 Å². The van der Waals surface area contributed by atoms with E-state index in [1.165, 1.54) is 0 Å². The number of aryl methyl sites for hydroxylation is 1. The molecule has 0 unspecified atom stereocenters. The van der Waals surface area contributed by atoms with Gasteiger partial charge in [0.25, 0.3) is 0 Å². The van der Waals surface area contributed by atoms with E-state index in [0.29, 0.717) is 5.15 Å². The maximum absolute atomic E-state index is 5.72. The third kappa shape index (κ3) is 2.48. The number of hydrogen-bond donors (Lipinski definition) is 0. The zero-order valence-corrected chi connectivity index (χ0v) is 12.5. The molecule has 7 heteroatoms. The molecule has 0 saturated carbocycles. The molecule has 0 spiro atoms. The average Bonchev–Trinajstić information content (AvgIpc) is 2.31. The Balaban J connectivity index is 0.000000845. The summed E-state index contributed by atoms with van der Waals surface area (Å²) in [4.78, 5) is 4.25. The molecule has 0 aliphatic heterocycles. The smallest absolute Gasteiger partial charge is 0.155 e. The quantitative estimate of drug-likeness (QED) is 0.454. The van der Waals surface area contributed by atoms with Gasteiger partial charge in [-0.2, -0.15) is 5.10 Å². The van der Waals surface area contributed by atoms with Gasteiger partial charge in [-0.3, -0.25) is 0 Å². The van der Waals surface area contributed by atoms with Gasteiger partial charge in [0, 0.05) is 0 Å². The second kappa shape index (κ2) is 5.44. The van der Waals surface area contributed by atoms with Crippen LogP contribution >= 0.6 is 27.5 Å². The Morgan fingerprint density at radius 2 is 2.00 bits per heavy atom. The maximum atomic E-state index is 5.72. The van der Waals surface area contributed by atoms with E-state index in [4.69, 9.17) is 11.6 Å². The highest BCUT2D eigenvalue weighted by molar-refractivity contribution is 9.10. The highest BCUT2D eigenvalue weighted by atomic mass is 79.9. The van der Waals surface area contributed by atoms with Crippen LogP contribution in [0, 0.1) is 6.92 Å². The third-order valence-corrected chi connectivity index (χ3v) is 2.66. The Morgan fingerprint density at radius 1 is 1.36 bits per heavy atom. The predicted octanol–water partition coefficient (Wildman–Crippen LogP) is -3.54. The molecular formula is C7H5Br3ClN3-2. The minimum atomic E-state index is 0. The molecule has 2 rings (SSSR count). The monoisotopic (exact) mass is 403 g/mol. The van der Waals surface area contributed by atoms with Crippen LogP contribution in [0.5, 0.6) is 0 Å². The van der Waals surface area contributed by atoms with Gasteiger partial charge < -0.3 is 34.0 Å². The van der Waals surface area contributed by atoms with Crippen molar-refractivity contribution in [2.24, 2.45) is 0 Å². The van der Waals surface area contributed by atoms with Gasteiger partial charge in [-0.1, -0.05) is 11.6 Å². The molecule has 2 aromatic heterocycles. The number of rotatable bonds is 0. The van der Waals surface area contributed by atoms with Gasteiger partial charge in [-0.25, -0.2) is 9.50 Å². The molecule has 0 N–H and O–H groups in total. The van der Waals surface area contributed by atoms with Crippen molar-refractivity contribution in [1.29, 1.82) is 0 Å². The summed E-state index contributed by atoms with van der Waals surface area (Å²) in [7, 11) is 0. The Kier molecular flexibility index (Phi) is 5.57. The molecule has 0 bridgehead atoms. The Labute approximate surface area is 116 Å². The lowest BCUT2D eigenvalue weighted by Gasteiger charge is -1.93. The molecule has 0 aliphatic rings. The van der Waals surface area contributed by atoms with Crippen molar-refractivity contribution in [2.75, 3.05) is 0 Å². The summed E-state index contributed by atoms with van der Waals surface area (Å²) < 4.78 is 2.51. The molecule has 0 fully saturated rings. The van der Waals surface area contributed by atoms with Crippen LogP contribution in [0.4, 0.5) is 0 Å². The summed E-state index contributed by atoms with van der Waals surface area (Å²) in [6, 6.07) is 3.54. The van der Waals surface area contributed by atoms with Gasteiger partial charge in [0.1, 0.15) is 9.76 Å². The topological polar surface area (TPSA) is 30.2 Å². The number of nitrogens with zero attached hydrogens (tertiary/aromatic N) is 3. The van der Waals surface area contributed by atoms with E-state index in [1.807, 2.05) is 13.0 Å². The molecule has 78 valence electrons. The molecule has 14 heavy (non-hydrogen) atoms. The van der Waals surface area contributed by atoms with Crippen LogP contribution in [0.2, 0.25) is 5.15 Å². The van der Waals surface area contributed by atoms with Crippen LogP contribution in [0.15, 0.2) is 16.7 Å². The Hall–Kier alpha value is 0.350. The second-order valence-corrected chi connectivity index (χ2v) is 3.55.